The highest BCUT2D eigenvalue weighted by Gasteiger charge is 2.07. The molecule has 19 heavy (non-hydrogen) atoms. The van der Waals surface area contributed by atoms with E-state index in [0.29, 0.717) is 12.5 Å². The van der Waals surface area contributed by atoms with Gasteiger partial charge in [0.1, 0.15) is 5.82 Å². The first-order valence-corrected chi connectivity index (χ1v) is 6.57. The number of benzene rings is 1. The predicted molar refractivity (Wildman–Crippen MR) is 74.8 cm³/mol. The number of nitrogens with zero attached hydrogens (tertiary/aromatic N) is 2. The van der Waals surface area contributed by atoms with E-state index in [1.165, 1.54) is 6.07 Å². The second-order valence-electron chi connectivity index (χ2n) is 5.26. The molecule has 0 fully saturated rings. The fourth-order valence-corrected chi connectivity index (χ4v) is 1.96. The van der Waals surface area contributed by atoms with Gasteiger partial charge >= 0.3 is 0 Å². The first-order valence-electron chi connectivity index (χ1n) is 6.57. The van der Waals surface area contributed by atoms with Crippen LogP contribution in [0.5, 0.6) is 0 Å². The molecule has 0 aliphatic rings. The molecule has 0 saturated heterocycles. The maximum Gasteiger partial charge on any atom is 0.123 e. The highest BCUT2D eigenvalue weighted by molar-refractivity contribution is 5.41. The summed E-state index contributed by atoms with van der Waals surface area (Å²) < 4.78 is 15.2. The van der Waals surface area contributed by atoms with E-state index in [1.807, 2.05) is 13.1 Å². The molecule has 0 saturated carbocycles. The van der Waals surface area contributed by atoms with Crippen molar-refractivity contribution in [2.75, 3.05) is 6.54 Å². The van der Waals surface area contributed by atoms with E-state index in [2.05, 4.69) is 24.3 Å². The Balaban J connectivity index is 2.23. The van der Waals surface area contributed by atoms with Crippen molar-refractivity contribution in [3.05, 3.63) is 47.5 Å². The summed E-state index contributed by atoms with van der Waals surface area (Å²) in [5.41, 5.74) is 2.93. The minimum absolute atomic E-state index is 0.214. The molecule has 0 atom stereocenters. The van der Waals surface area contributed by atoms with Gasteiger partial charge < -0.3 is 5.32 Å². The monoisotopic (exact) mass is 261 g/mol. The molecule has 1 heterocycles. The van der Waals surface area contributed by atoms with E-state index in [0.717, 1.165) is 23.4 Å². The first kappa shape index (κ1) is 13.7. The molecule has 0 bridgehead atoms. The molecule has 0 aliphatic heterocycles. The van der Waals surface area contributed by atoms with Crippen LogP contribution in [0.4, 0.5) is 4.39 Å². The summed E-state index contributed by atoms with van der Waals surface area (Å²) in [6.07, 6.45) is 3.74. The SMILES string of the molecule is Cc1cnn(-c2ccc(F)cc2CNCC(C)C)c1. The van der Waals surface area contributed by atoms with Crippen molar-refractivity contribution in [3.63, 3.8) is 0 Å². The van der Waals surface area contributed by atoms with Gasteiger partial charge in [-0.25, -0.2) is 9.07 Å². The summed E-state index contributed by atoms with van der Waals surface area (Å²) in [6, 6.07) is 4.81. The molecule has 0 spiro atoms. The zero-order valence-corrected chi connectivity index (χ0v) is 11.7. The highest BCUT2D eigenvalue weighted by Crippen LogP contribution is 2.16. The summed E-state index contributed by atoms with van der Waals surface area (Å²) in [5, 5.41) is 7.62. The lowest BCUT2D eigenvalue weighted by atomic mass is 10.1. The Hall–Kier alpha value is -1.68. The topological polar surface area (TPSA) is 29.9 Å². The van der Waals surface area contributed by atoms with Crippen molar-refractivity contribution in [1.82, 2.24) is 15.1 Å². The number of halogens is 1. The third-order valence-corrected chi connectivity index (χ3v) is 2.87. The van der Waals surface area contributed by atoms with E-state index in [9.17, 15) is 4.39 Å². The largest absolute Gasteiger partial charge is 0.312 e. The Kier molecular flexibility index (Phi) is 4.32. The third-order valence-electron chi connectivity index (χ3n) is 2.87. The molecule has 2 rings (SSSR count). The van der Waals surface area contributed by atoms with Crippen LogP contribution < -0.4 is 5.32 Å². The van der Waals surface area contributed by atoms with Gasteiger partial charge in [0.25, 0.3) is 0 Å². The summed E-state index contributed by atoms with van der Waals surface area (Å²) >= 11 is 0. The fourth-order valence-electron chi connectivity index (χ4n) is 1.96. The second kappa shape index (κ2) is 5.97. The number of rotatable bonds is 5. The lowest BCUT2D eigenvalue weighted by Crippen LogP contribution is -2.20. The van der Waals surface area contributed by atoms with Crippen molar-refractivity contribution in [3.8, 4) is 5.69 Å². The van der Waals surface area contributed by atoms with Crippen molar-refractivity contribution >= 4 is 0 Å². The Morgan fingerprint density at radius 1 is 1.37 bits per heavy atom. The van der Waals surface area contributed by atoms with Gasteiger partial charge in [0.15, 0.2) is 0 Å². The molecule has 1 N–H and O–H groups in total. The molecular weight excluding hydrogens is 241 g/mol. The molecule has 2 aromatic rings. The normalized spacial score (nSPS) is 11.2. The zero-order valence-electron chi connectivity index (χ0n) is 11.7. The molecular formula is C15H20FN3. The molecule has 0 amide bonds. The van der Waals surface area contributed by atoms with Crippen LogP contribution in [0.2, 0.25) is 0 Å². The number of aryl methyl sites for hydroxylation is 1. The Labute approximate surface area is 113 Å². The van der Waals surface area contributed by atoms with Gasteiger partial charge in [-0.1, -0.05) is 13.8 Å². The van der Waals surface area contributed by atoms with Crippen LogP contribution in [0.15, 0.2) is 30.6 Å². The minimum atomic E-state index is -0.214. The van der Waals surface area contributed by atoms with Gasteiger partial charge in [-0.15, -0.1) is 0 Å². The van der Waals surface area contributed by atoms with Gasteiger partial charge in [-0.3, -0.25) is 0 Å². The smallest absolute Gasteiger partial charge is 0.123 e. The lowest BCUT2D eigenvalue weighted by molar-refractivity contribution is 0.548. The summed E-state index contributed by atoms with van der Waals surface area (Å²) in [4.78, 5) is 0. The molecule has 4 heteroatoms. The van der Waals surface area contributed by atoms with Crippen LogP contribution in [0, 0.1) is 18.7 Å². The van der Waals surface area contributed by atoms with Crippen molar-refractivity contribution in [2.24, 2.45) is 5.92 Å². The minimum Gasteiger partial charge on any atom is -0.312 e. The number of nitrogens with one attached hydrogen (secondary N) is 1. The number of hydrogen-bond acceptors (Lipinski definition) is 2. The predicted octanol–water partition coefficient (Wildman–Crippen LogP) is 3.07. The summed E-state index contributed by atoms with van der Waals surface area (Å²) in [6.45, 7) is 7.84. The van der Waals surface area contributed by atoms with E-state index in [-0.39, 0.29) is 5.82 Å². The molecule has 0 aliphatic carbocycles. The molecule has 1 aromatic carbocycles. The van der Waals surface area contributed by atoms with Gasteiger partial charge in [0.2, 0.25) is 0 Å². The average Bonchev–Trinajstić information content (AvgIpc) is 2.75. The van der Waals surface area contributed by atoms with Crippen LogP contribution in [0.3, 0.4) is 0 Å². The van der Waals surface area contributed by atoms with Gasteiger partial charge in [0.05, 0.1) is 11.9 Å². The third kappa shape index (κ3) is 3.64. The van der Waals surface area contributed by atoms with E-state index >= 15 is 0 Å². The van der Waals surface area contributed by atoms with E-state index in [1.54, 1.807) is 23.0 Å². The molecule has 102 valence electrons. The Morgan fingerprint density at radius 2 is 2.16 bits per heavy atom. The molecule has 1 aromatic heterocycles. The zero-order chi connectivity index (χ0) is 13.8. The molecule has 0 radical (unpaired) electrons. The number of hydrogen-bond donors (Lipinski definition) is 1. The Bertz CT molecular complexity index is 546. The van der Waals surface area contributed by atoms with Crippen molar-refractivity contribution < 1.29 is 4.39 Å². The van der Waals surface area contributed by atoms with Crippen LogP contribution in [-0.4, -0.2) is 16.3 Å². The quantitative estimate of drug-likeness (QED) is 0.896. The first-order chi connectivity index (χ1) is 9.06. The maximum atomic E-state index is 13.4. The lowest BCUT2D eigenvalue weighted by Gasteiger charge is -2.12. The average molecular weight is 261 g/mol. The van der Waals surface area contributed by atoms with Crippen LogP contribution >= 0.6 is 0 Å². The van der Waals surface area contributed by atoms with Gasteiger partial charge in [-0.2, -0.15) is 5.10 Å². The van der Waals surface area contributed by atoms with E-state index in [4.69, 9.17) is 0 Å². The second-order valence-corrected chi connectivity index (χ2v) is 5.26. The molecule has 3 nitrogen and oxygen atoms in total. The summed E-state index contributed by atoms with van der Waals surface area (Å²) in [7, 11) is 0. The summed E-state index contributed by atoms with van der Waals surface area (Å²) in [5.74, 6) is 0.359. The Morgan fingerprint density at radius 3 is 2.79 bits per heavy atom. The fraction of sp³-hybridized carbons (Fsp3) is 0.400. The highest BCUT2D eigenvalue weighted by atomic mass is 19.1. The van der Waals surface area contributed by atoms with Gasteiger partial charge in [0, 0.05) is 12.7 Å². The standard InChI is InChI=1S/C15H20FN3/c1-11(2)7-17-9-13-6-14(16)4-5-15(13)19-10-12(3)8-18-19/h4-6,8,10-11,17H,7,9H2,1-3H3. The maximum absolute atomic E-state index is 13.4. The van der Waals surface area contributed by atoms with Crippen LogP contribution in [-0.2, 0) is 6.54 Å². The molecule has 0 unspecified atom stereocenters. The van der Waals surface area contributed by atoms with E-state index < -0.39 is 0 Å². The van der Waals surface area contributed by atoms with Crippen LogP contribution in [0.1, 0.15) is 25.0 Å². The van der Waals surface area contributed by atoms with Crippen molar-refractivity contribution in [2.45, 2.75) is 27.3 Å². The van der Waals surface area contributed by atoms with Crippen molar-refractivity contribution in [1.29, 1.82) is 0 Å². The van der Waals surface area contributed by atoms with Gasteiger partial charge in [-0.05, 0) is 48.7 Å². The number of aromatic nitrogens is 2. The van der Waals surface area contributed by atoms with Crippen LogP contribution in [0.25, 0.3) is 5.69 Å².